The lowest BCUT2D eigenvalue weighted by atomic mass is 10.2. The normalized spacial score (nSPS) is 16.1. The lowest BCUT2D eigenvalue weighted by Gasteiger charge is -2.21. The summed E-state index contributed by atoms with van der Waals surface area (Å²) in [6, 6.07) is 0.0892. The Balaban J connectivity index is 0.00000242. The highest BCUT2D eigenvalue weighted by Crippen LogP contribution is 2.19. The van der Waals surface area contributed by atoms with Crippen LogP contribution >= 0.6 is 36.3 Å². The van der Waals surface area contributed by atoms with Crippen LogP contribution in [-0.4, -0.2) is 52.4 Å². The number of nitrogens with two attached hydrogens (primary N) is 1. The first-order chi connectivity index (χ1) is 10.1. The Kier molecular flexibility index (Phi) is 10.7. The second kappa shape index (κ2) is 11.0. The number of halogens is 2. The summed E-state index contributed by atoms with van der Waals surface area (Å²) in [6.07, 6.45) is 3.16. The fourth-order valence-electron chi connectivity index (χ4n) is 2.38. The average Bonchev–Trinajstić information content (AvgIpc) is 2.81. The van der Waals surface area contributed by atoms with Gasteiger partial charge >= 0.3 is 0 Å². The molecule has 0 radical (unpaired) electrons. The lowest BCUT2D eigenvalue weighted by molar-refractivity contribution is -0.131. The Labute approximate surface area is 154 Å². The first-order valence-corrected chi connectivity index (χ1v) is 8.48. The van der Waals surface area contributed by atoms with Gasteiger partial charge in [0, 0.05) is 56.6 Å². The van der Waals surface area contributed by atoms with Crippen LogP contribution < -0.4 is 10.6 Å². The molecule has 6 nitrogen and oxygen atoms in total. The molecule has 23 heavy (non-hydrogen) atoms. The number of amides is 1. The van der Waals surface area contributed by atoms with E-state index in [1.165, 1.54) is 11.5 Å². The van der Waals surface area contributed by atoms with Crippen LogP contribution in [0.1, 0.15) is 38.9 Å². The summed E-state index contributed by atoms with van der Waals surface area (Å²) in [5.74, 6) is 1.13. The summed E-state index contributed by atoms with van der Waals surface area (Å²) < 4.78 is 4.34. The minimum Gasteiger partial charge on any atom is -0.345 e. The standard InChI is InChI=1S/C14H25N5OS.2ClH/c1-3-12-16-14(21-17-12)19-8-4-7-18(9-10-19)13(20)6-5-11(2)15;;/h11H,3-10,15H2,1-2H3;2*1H. The van der Waals surface area contributed by atoms with Crippen molar-refractivity contribution in [2.45, 2.75) is 45.6 Å². The van der Waals surface area contributed by atoms with E-state index in [0.29, 0.717) is 6.42 Å². The fourth-order valence-corrected chi connectivity index (χ4v) is 3.19. The summed E-state index contributed by atoms with van der Waals surface area (Å²) in [4.78, 5) is 20.9. The molecule has 0 aliphatic carbocycles. The Morgan fingerprint density at radius 3 is 2.65 bits per heavy atom. The molecule has 1 aliphatic rings. The third-order valence-electron chi connectivity index (χ3n) is 3.71. The summed E-state index contributed by atoms with van der Waals surface area (Å²) in [5.41, 5.74) is 5.72. The van der Waals surface area contributed by atoms with Crippen LogP contribution in [0.4, 0.5) is 5.13 Å². The Hall–Kier alpha value is -0.630. The van der Waals surface area contributed by atoms with E-state index in [1.54, 1.807) is 0 Å². The predicted molar refractivity (Wildman–Crippen MR) is 100 cm³/mol. The van der Waals surface area contributed by atoms with Gasteiger partial charge in [0.25, 0.3) is 0 Å². The van der Waals surface area contributed by atoms with Gasteiger partial charge in [0.1, 0.15) is 5.82 Å². The van der Waals surface area contributed by atoms with Gasteiger partial charge in [-0.3, -0.25) is 4.79 Å². The van der Waals surface area contributed by atoms with Crippen molar-refractivity contribution >= 4 is 47.4 Å². The molecule has 0 spiro atoms. The number of hydrogen-bond donors (Lipinski definition) is 1. The maximum atomic E-state index is 12.2. The van der Waals surface area contributed by atoms with E-state index in [-0.39, 0.29) is 36.8 Å². The molecular formula is C14H27Cl2N5OS. The summed E-state index contributed by atoms with van der Waals surface area (Å²) >= 11 is 1.46. The van der Waals surface area contributed by atoms with E-state index in [4.69, 9.17) is 5.73 Å². The van der Waals surface area contributed by atoms with E-state index in [1.807, 2.05) is 11.8 Å². The predicted octanol–water partition coefficient (Wildman–Crippen LogP) is 2.11. The number of aryl methyl sites for hydroxylation is 1. The Morgan fingerprint density at radius 2 is 2.04 bits per heavy atom. The molecule has 0 saturated carbocycles. The maximum Gasteiger partial charge on any atom is 0.222 e. The first kappa shape index (κ1) is 22.4. The molecule has 9 heteroatoms. The number of hydrogen-bond acceptors (Lipinski definition) is 6. The van der Waals surface area contributed by atoms with Gasteiger partial charge in [-0.2, -0.15) is 4.37 Å². The van der Waals surface area contributed by atoms with Crippen molar-refractivity contribution < 1.29 is 4.79 Å². The summed E-state index contributed by atoms with van der Waals surface area (Å²) in [7, 11) is 0. The minimum absolute atomic E-state index is 0. The molecule has 1 aromatic heterocycles. The summed E-state index contributed by atoms with van der Waals surface area (Å²) in [5, 5.41) is 0.983. The highest BCUT2D eigenvalue weighted by Gasteiger charge is 2.21. The molecule has 0 bridgehead atoms. The second-order valence-electron chi connectivity index (χ2n) is 5.58. The molecule has 1 fully saturated rings. The zero-order chi connectivity index (χ0) is 15.2. The van der Waals surface area contributed by atoms with Crippen molar-refractivity contribution in [3.05, 3.63) is 5.82 Å². The minimum atomic E-state index is 0. The zero-order valence-corrected chi connectivity index (χ0v) is 16.2. The monoisotopic (exact) mass is 383 g/mol. The third-order valence-corrected chi connectivity index (χ3v) is 4.52. The third kappa shape index (κ3) is 6.79. The Bertz CT molecular complexity index is 472. The van der Waals surface area contributed by atoms with Crippen LogP contribution in [-0.2, 0) is 11.2 Å². The lowest BCUT2D eigenvalue weighted by Crippen LogP contribution is -2.35. The molecule has 1 unspecified atom stereocenters. The van der Waals surface area contributed by atoms with E-state index >= 15 is 0 Å². The largest absolute Gasteiger partial charge is 0.345 e. The number of carbonyl (C=O) groups is 1. The second-order valence-corrected chi connectivity index (χ2v) is 6.31. The maximum absolute atomic E-state index is 12.2. The number of aromatic nitrogens is 2. The molecule has 2 rings (SSSR count). The smallest absolute Gasteiger partial charge is 0.222 e. The molecule has 1 aromatic rings. The molecule has 134 valence electrons. The van der Waals surface area contributed by atoms with Crippen molar-refractivity contribution in [3.63, 3.8) is 0 Å². The van der Waals surface area contributed by atoms with Gasteiger partial charge in [0.15, 0.2) is 0 Å². The molecule has 2 N–H and O–H groups in total. The van der Waals surface area contributed by atoms with Crippen LogP contribution in [0.3, 0.4) is 0 Å². The van der Waals surface area contributed by atoms with Crippen LogP contribution in [0.15, 0.2) is 0 Å². The number of carbonyl (C=O) groups excluding carboxylic acids is 1. The van der Waals surface area contributed by atoms with Gasteiger partial charge in [0.2, 0.25) is 11.0 Å². The van der Waals surface area contributed by atoms with Crippen molar-refractivity contribution in [1.82, 2.24) is 14.3 Å². The molecule has 1 atom stereocenters. The highest BCUT2D eigenvalue weighted by molar-refractivity contribution is 7.09. The van der Waals surface area contributed by atoms with Gasteiger partial charge in [-0.25, -0.2) is 4.98 Å². The molecule has 2 heterocycles. The summed E-state index contributed by atoms with van der Waals surface area (Å²) in [6.45, 7) is 7.37. The molecule has 1 amide bonds. The van der Waals surface area contributed by atoms with Crippen LogP contribution in [0, 0.1) is 0 Å². The van der Waals surface area contributed by atoms with Gasteiger partial charge in [-0.1, -0.05) is 6.92 Å². The topological polar surface area (TPSA) is 75.4 Å². The Morgan fingerprint density at radius 1 is 1.30 bits per heavy atom. The molecular weight excluding hydrogens is 357 g/mol. The highest BCUT2D eigenvalue weighted by atomic mass is 35.5. The van der Waals surface area contributed by atoms with Crippen molar-refractivity contribution in [2.75, 3.05) is 31.1 Å². The SMILES string of the molecule is CCc1nsc(N2CCCN(C(=O)CCC(C)N)CC2)n1.Cl.Cl. The molecule has 1 saturated heterocycles. The number of anilines is 1. The van der Waals surface area contributed by atoms with Crippen molar-refractivity contribution in [1.29, 1.82) is 0 Å². The fraction of sp³-hybridized carbons (Fsp3) is 0.786. The van der Waals surface area contributed by atoms with Gasteiger partial charge < -0.3 is 15.5 Å². The average molecular weight is 384 g/mol. The van der Waals surface area contributed by atoms with E-state index < -0.39 is 0 Å². The number of nitrogens with zero attached hydrogens (tertiary/aromatic N) is 4. The van der Waals surface area contributed by atoms with E-state index in [2.05, 4.69) is 21.2 Å². The first-order valence-electron chi connectivity index (χ1n) is 7.71. The van der Waals surface area contributed by atoms with Gasteiger partial charge in [-0.05, 0) is 19.8 Å². The van der Waals surface area contributed by atoms with E-state index in [0.717, 1.165) is 56.4 Å². The van der Waals surface area contributed by atoms with Crippen molar-refractivity contribution in [3.8, 4) is 0 Å². The van der Waals surface area contributed by atoms with Gasteiger partial charge in [-0.15, -0.1) is 24.8 Å². The van der Waals surface area contributed by atoms with E-state index in [9.17, 15) is 4.79 Å². The van der Waals surface area contributed by atoms with Crippen LogP contribution in [0.25, 0.3) is 0 Å². The quantitative estimate of drug-likeness (QED) is 0.842. The van der Waals surface area contributed by atoms with Crippen molar-refractivity contribution in [2.24, 2.45) is 5.73 Å². The molecule has 0 aromatic carbocycles. The van der Waals surface area contributed by atoms with Gasteiger partial charge in [0.05, 0.1) is 0 Å². The number of rotatable bonds is 5. The zero-order valence-electron chi connectivity index (χ0n) is 13.7. The van der Waals surface area contributed by atoms with Crippen LogP contribution in [0.2, 0.25) is 0 Å². The molecule has 1 aliphatic heterocycles. The van der Waals surface area contributed by atoms with Crippen LogP contribution in [0.5, 0.6) is 0 Å².